The standard InChI is InChI=1S/C13H16N2O2S2/c1-15-12-9-19(16,17)8-11(12)14-13(15)18-7-10-5-3-2-4-6-10/h2-6,11-12H,7-9H2,1H3/t11-,12-/m1/s1. The van der Waals surface area contributed by atoms with Crippen molar-refractivity contribution in [3.63, 3.8) is 0 Å². The molecule has 1 aromatic carbocycles. The number of aliphatic imine (C=N–C) groups is 1. The lowest BCUT2D eigenvalue weighted by Gasteiger charge is -2.20. The molecule has 0 aliphatic carbocycles. The summed E-state index contributed by atoms with van der Waals surface area (Å²) in [6.45, 7) is 0. The molecule has 0 amide bonds. The summed E-state index contributed by atoms with van der Waals surface area (Å²) in [5.74, 6) is 1.32. The van der Waals surface area contributed by atoms with Gasteiger partial charge in [-0.3, -0.25) is 4.99 Å². The van der Waals surface area contributed by atoms with Gasteiger partial charge in [-0.1, -0.05) is 42.1 Å². The van der Waals surface area contributed by atoms with Gasteiger partial charge in [0.05, 0.1) is 23.6 Å². The second kappa shape index (κ2) is 4.83. The first kappa shape index (κ1) is 13.0. The zero-order chi connectivity index (χ0) is 13.5. The Balaban J connectivity index is 1.67. The molecule has 102 valence electrons. The smallest absolute Gasteiger partial charge is 0.159 e. The molecule has 6 heteroatoms. The summed E-state index contributed by atoms with van der Waals surface area (Å²) in [4.78, 5) is 6.60. The molecule has 1 saturated heterocycles. The molecule has 0 radical (unpaired) electrons. The third kappa shape index (κ3) is 2.65. The van der Waals surface area contributed by atoms with E-state index in [9.17, 15) is 8.42 Å². The van der Waals surface area contributed by atoms with Crippen LogP contribution >= 0.6 is 11.8 Å². The Morgan fingerprint density at radius 2 is 2.05 bits per heavy atom. The van der Waals surface area contributed by atoms with Crippen molar-refractivity contribution in [3.05, 3.63) is 35.9 Å². The second-order valence-corrected chi connectivity index (χ2v) is 8.10. The van der Waals surface area contributed by atoms with Gasteiger partial charge in [-0.2, -0.15) is 0 Å². The highest BCUT2D eigenvalue weighted by Gasteiger charge is 2.44. The molecule has 4 nitrogen and oxygen atoms in total. The molecule has 0 saturated carbocycles. The number of benzene rings is 1. The summed E-state index contributed by atoms with van der Waals surface area (Å²) in [6.07, 6.45) is 0. The van der Waals surface area contributed by atoms with E-state index in [0.29, 0.717) is 0 Å². The van der Waals surface area contributed by atoms with Crippen molar-refractivity contribution in [2.45, 2.75) is 17.8 Å². The average molecular weight is 296 g/mol. The molecule has 3 rings (SSSR count). The highest BCUT2D eigenvalue weighted by molar-refractivity contribution is 8.13. The first-order valence-corrected chi connectivity index (χ1v) is 9.04. The van der Waals surface area contributed by atoms with Crippen LogP contribution in [0.2, 0.25) is 0 Å². The topological polar surface area (TPSA) is 49.7 Å². The Morgan fingerprint density at radius 1 is 1.32 bits per heavy atom. The highest BCUT2D eigenvalue weighted by atomic mass is 32.2. The molecule has 0 unspecified atom stereocenters. The van der Waals surface area contributed by atoms with E-state index in [1.165, 1.54) is 5.56 Å². The molecule has 2 heterocycles. The Bertz CT molecular complexity index is 598. The van der Waals surface area contributed by atoms with Gasteiger partial charge in [0.25, 0.3) is 0 Å². The van der Waals surface area contributed by atoms with Crippen molar-refractivity contribution in [3.8, 4) is 0 Å². The summed E-state index contributed by atoms with van der Waals surface area (Å²) in [5, 5.41) is 0.966. The predicted octanol–water partition coefficient (Wildman–Crippen LogP) is 1.39. The van der Waals surface area contributed by atoms with Crippen molar-refractivity contribution in [1.29, 1.82) is 0 Å². The van der Waals surface area contributed by atoms with Crippen molar-refractivity contribution < 1.29 is 8.42 Å². The molecule has 2 aliphatic heterocycles. The van der Waals surface area contributed by atoms with Crippen LogP contribution in [0.3, 0.4) is 0 Å². The van der Waals surface area contributed by atoms with E-state index in [-0.39, 0.29) is 23.6 Å². The first-order valence-electron chi connectivity index (χ1n) is 6.23. The van der Waals surface area contributed by atoms with E-state index in [2.05, 4.69) is 17.1 Å². The van der Waals surface area contributed by atoms with Crippen LogP contribution < -0.4 is 0 Å². The second-order valence-electron chi connectivity index (χ2n) is 5.01. The Morgan fingerprint density at radius 3 is 2.74 bits per heavy atom. The Kier molecular flexibility index (Phi) is 3.30. The van der Waals surface area contributed by atoms with Gasteiger partial charge in [0.1, 0.15) is 0 Å². The number of hydrogen-bond acceptors (Lipinski definition) is 5. The number of amidine groups is 1. The third-order valence-electron chi connectivity index (χ3n) is 3.58. The van der Waals surface area contributed by atoms with E-state index in [1.807, 2.05) is 30.1 Å². The maximum Gasteiger partial charge on any atom is 0.159 e. The average Bonchev–Trinajstić information content (AvgIpc) is 2.83. The number of nitrogens with zero attached hydrogens (tertiary/aromatic N) is 2. The van der Waals surface area contributed by atoms with Gasteiger partial charge in [-0.05, 0) is 5.56 Å². The minimum atomic E-state index is -2.89. The lowest BCUT2D eigenvalue weighted by atomic mass is 10.2. The molecular weight excluding hydrogens is 280 g/mol. The van der Waals surface area contributed by atoms with E-state index in [0.717, 1.165) is 10.9 Å². The van der Waals surface area contributed by atoms with Crippen LogP contribution in [-0.4, -0.2) is 49.1 Å². The predicted molar refractivity (Wildman–Crippen MR) is 79.2 cm³/mol. The van der Waals surface area contributed by atoms with Gasteiger partial charge in [-0.15, -0.1) is 0 Å². The molecule has 19 heavy (non-hydrogen) atoms. The van der Waals surface area contributed by atoms with E-state index >= 15 is 0 Å². The van der Waals surface area contributed by atoms with Crippen LogP contribution in [-0.2, 0) is 15.6 Å². The Labute approximate surface area is 117 Å². The third-order valence-corrected chi connectivity index (χ3v) is 6.41. The molecule has 1 fully saturated rings. The van der Waals surface area contributed by atoms with Crippen LogP contribution in [0, 0.1) is 0 Å². The number of rotatable bonds is 2. The number of hydrogen-bond donors (Lipinski definition) is 0. The quantitative estimate of drug-likeness (QED) is 0.827. The zero-order valence-corrected chi connectivity index (χ0v) is 12.3. The van der Waals surface area contributed by atoms with Gasteiger partial charge in [-0.25, -0.2) is 8.42 Å². The maximum atomic E-state index is 11.6. The molecular formula is C13H16N2O2S2. The van der Waals surface area contributed by atoms with Gasteiger partial charge in [0.15, 0.2) is 15.0 Å². The normalized spacial score (nSPS) is 28.3. The molecule has 0 bridgehead atoms. The number of sulfone groups is 1. The van der Waals surface area contributed by atoms with E-state index < -0.39 is 9.84 Å². The van der Waals surface area contributed by atoms with Crippen LogP contribution in [0.1, 0.15) is 5.56 Å². The van der Waals surface area contributed by atoms with Crippen LogP contribution in [0.15, 0.2) is 35.3 Å². The van der Waals surface area contributed by atoms with E-state index in [4.69, 9.17) is 0 Å². The fourth-order valence-electron chi connectivity index (χ4n) is 2.54. The minimum absolute atomic E-state index is 0.0447. The summed E-state index contributed by atoms with van der Waals surface area (Å²) in [6, 6.07) is 10.2. The molecule has 1 aromatic rings. The molecule has 0 aromatic heterocycles. The molecule has 2 aliphatic rings. The van der Waals surface area contributed by atoms with Crippen molar-refractivity contribution in [1.82, 2.24) is 4.90 Å². The number of thioether (sulfide) groups is 1. The van der Waals surface area contributed by atoms with E-state index in [1.54, 1.807) is 11.8 Å². The van der Waals surface area contributed by atoms with Gasteiger partial charge < -0.3 is 4.90 Å². The monoisotopic (exact) mass is 296 g/mol. The summed E-state index contributed by atoms with van der Waals surface area (Å²) >= 11 is 1.68. The van der Waals surface area contributed by atoms with Gasteiger partial charge in [0, 0.05) is 12.8 Å². The molecule has 2 atom stereocenters. The van der Waals surface area contributed by atoms with Gasteiger partial charge in [0.2, 0.25) is 0 Å². The summed E-state index contributed by atoms with van der Waals surface area (Å²) in [7, 11) is -0.940. The number of fused-ring (bicyclic) bond motifs is 1. The molecule has 0 N–H and O–H groups in total. The lowest BCUT2D eigenvalue weighted by Crippen LogP contribution is -2.35. The SMILES string of the molecule is CN1C(SCc2ccccc2)=N[C@@H]2CS(=O)(=O)C[C@H]21. The van der Waals surface area contributed by atoms with Crippen LogP contribution in [0.5, 0.6) is 0 Å². The van der Waals surface area contributed by atoms with Gasteiger partial charge >= 0.3 is 0 Å². The summed E-state index contributed by atoms with van der Waals surface area (Å²) < 4.78 is 23.1. The van der Waals surface area contributed by atoms with Crippen molar-refractivity contribution >= 4 is 26.8 Å². The first-order chi connectivity index (χ1) is 9.05. The maximum absolute atomic E-state index is 11.6. The zero-order valence-electron chi connectivity index (χ0n) is 10.7. The summed E-state index contributed by atoms with van der Waals surface area (Å²) in [5.41, 5.74) is 1.26. The van der Waals surface area contributed by atoms with Crippen molar-refractivity contribution in [2.75, 3.05) is 18.6 Å². The largest absolute Gasteiger partial charge is 0.348 e. The fourth-order valence-corrected chi connectivity index (χ4v) is 5.50. The van der Waals surface area contributed by atoms with Crippen LogP contribution in [0.4, 0.5) is 0 Å². The molecule has 0 spiro atoms. The van der Waals surface area contributed by atoms with Crippen LogP contribution in [0.25, 0.3) is 0 Å². The number of likely N-dealkylation sites (N-methyl/N-ethyl adjacent to an activating group) is 1. The Hall–Kier alpha value is -1.01. The lowest BCUT2D eigenvalue weighted by molar-refractivity contribution is 0.410. The minimum Gasteiger partial charge on any atom is -0.348 e. The fraction of sp³-hybridized carbons (Fsp3) is 0.462. The van der Waals surface area contributed by atoms with Crippen molar-refractivity contribution in [2.24, 2.45) is 4.99 Å². The highest BCUT2D eigenvalue weighted by Crippen LogP contribution is 2.30.